The first-order chi connectivity index (χ1) is 13.2. The number of H-pyrrole nitrogens is 1. The fourth-order valence-electron chi connectivity index (χ4n) is 2.74. The van der Waals surface area contributed by atoms with Crippen molar-refractivity contribution in [1.29, 1.82) is 5.26 Å². The monoisotopic (exact) mass is 354 g/mol. The van der Waals surface area contributed by atoms with Crippen molar-refractivity contribution < 1.29 is 4.79 Å². The van der Waals surface area contributed by atoms with E-state index in [1.54, 1.807) is 30.5 Å². The lowest BCUT2D eigenvalue weighted by atomic mass is 10.1. The smallest absolute Gasteiger partial charge is 0.306 e. The molecule has 7 heteroatoms. The number of carbonyl (C=O) groups is 1. The molecule has 2 aromatic heterocycles. The van der Waals surface area contributed by atoms with Crippen molar-refractivity contribution in [2.24, 2.45) is 0 Å². The van der Waals surface area contributed by atoms with Crippen LogP contribution in [-0.2, 0) is 0 Å². The van der Waals surface area contributed by atoms with E-state index in [-0.39, 0.29) is 0 Å². The summed E-state index contributed by atoms with van der Waals surface area (Å²) in [6.07, 6.45) is 1.74. The number of nitriles is 1. The number of benzene rings is 2. The number of amides is 2. The van der Waals surface area contributed by atoms with Gasteiger partial charge < -0.3 is 5.32 Å². The van der Waals surface area contributed by atoms with Gasteiger partial charge in [0.1, 0.15) is 11.9 Å². The molecule has 4 aromatic rings. The molecule has 0 saturated carbocycles. The Morgan fingerprint density at radius 2 is 1.78 bits per heavy atom. The van der Waals surface area contributed by atoms with E-state index in [9.17, 15) is 4.79 Å². The summed E-state index contributed by atoms with van der Waals surface area (Å²) in [7, 11) is 0. The van der Waals surface area contributed by atoms with Crippen LogP contribution in [0.25, 0.3) is 22.2 Å². The van der Waals surface area contributed by atoms with Gasteiger partial charge in [-0.2, -0.15) is 10.4 Å². The topological polar surface area (TPSA) is 106 Å². The molecule has 0 spiro atoms. The second-order valence-electron chi connectivity index (χ2n) is 5.80. The van der Waals surface area contributed by atoms with Crippen LogP contribution in [0.5, 0.6) is 0 Å². The van der Waals surface area contributed by atoms with Gasteiger partial charge in [-0.05, 0) is 23.8 Å². The van der Waals surface area contributed by atoms with Crippen molar-refractivity contribution in [3.05, 3.63) is 72.4 Å². The lowest BCUT2D eigenvalue weighted by Gasteiger charge is -2.08. The Labute approximate surface area is 154 Å². The zero-order valence-corrected chi connectivity index (χ0v) is 14.1. The number of urea groups is 1. The Morgan fingerprint density at radius 1 is 1.00 bits per heavy atom. The Morgan fingerprint density at radius 3 is 2.59 bits per heavy atom. The second-order valence-corrected chi connectivity index (χ2v) is 5.80. The number of nitrogens with zero attached hydrogens (tertiary/aromatic N) is 3. The number of anilines is 2. The lowest BCUT2D eigenvalue weighted by molar-refractivity contribution is 0.262. The minimum atomic E-state index is -0.478. The number of hydrogen-bond acceptors (Lipinski definition) is 4. The average molecular weight is 354 g/mol. The van der Waals surface area contributed by atoms with Crippen LogP contribution in [0.4, 0.5) is 16.3 Å². The molecule has 27 heavy (non-hydrogen) atoms. The fourth-order valence-corrected chi connectivity index (χ4v) is 2.74. The van der Waals surface area contributed by atoms with Crippen LogP contribution in [0.3, 0.4) is 0 Å². The van der Waals surface area contributed by atoms with Crippen LogP contribution in [0.15, 0.2) is 66.9 Å². The summed E-state index contributed by atoms with van der Waals surface area (Å²) in [6.45, 7) is 0. The molecule has 0 radical (unpaired) electrons. The molecule has 130 valence electrons. The Kier molecular flexibility index (Phi) is 4.21. The number of pyridine rings is 1. The number of nitrogens with one attached hydrogen (secondary N) is 3. The molecular formula is C20H14N6O. The molecule has 0 saturated heterocycles. The van der Waals surface area contributed by atoms with Gasteiger partial charge in [-0.15, -0.1) is 0 Å². The molecule has 4 rings (SSSR count). The van der Waals surface area contributed by atoms with Crippen molar-refractivity contribution in [3.8, 4) is 17.2 Å². The van der Waals surface area contributed by atoms with Crippen LogP contribution >= 0.6 is 0 Å². The van der Waals surface area contributed by atoms with Crippen molar-refractivity contribution in [1.82, 2.24) is 15.2 Å². The summed E-state index contributed by atoms with van der Waals surface area (Å²) in [5, 5.41) is 22.1. The number of fused-ring (bicyclic) bond motifs is 1. The van der Waals surface area contributed by atoms with Crippen molar-refractivity contribution >= 4 is 28.6 Å². The third kappa shape index (κ3) is 3.32. The maximum absolute atomic E-state index is 12.3. The first-order valence-corrected chi connectivity index (χ1v) is 8.21. The average Bonchev–Trinajstić information content (AvgIpc) is 3.11. The SMILES string of the molecule is N#Cc1ccccc1NC(=O)Nc1[nH]nc2ncc(-c3ccccc3)cc12. The molecular weight excluding hydrogens is 340 g/mol. The highest BCUT2D eigenvalue weighted by molar-refractivity contribution is 6.05. The minimum Gasteiger partial charge on any atom is -0.306 e. The third-order valence-corrected chi connectivity index (χ3v) is 4.05. The van der Waals surface area contributed by atoms with Crippen molar-refractivity contribution in [2.45, 2.75) is 0 Å². The summed E-state index contributed by atoms with van der Waals surface area (Å²) in [4.78, 5) is 16.7. The molecule has 0 bridgehead atoms. The first-order valence-electron chi connectivity index (χ1n) is 8.21. The molecule has 0 fully saturated rings. The van der Waals surface area contributed by atoms with E-state index in [0.29, 0.717) is 28.1 Å². The van der Waals surface area contributed by atoms with Gasteiger partial charge in [-0.3, -0.25) is 10.4 Å². The Balaban J connectivity index is 1.60. The number of rotatable bonds is 3. The zero-order valence-electron chi connectivity index (χ0n) is 14.1. The van der Waals surface area contributed by atoms with Gasteiger partial charge in [-0.25, -0.2) is 9.78 Å². The zero-order chi connectivity index (χ0) is 18.6. The Bertz CT molecular complexity index is 1160. The summed E-state index contributed by atoms with van der Waals surface area (Å²) >= 11 is 0. The first kappa shape index (κ1) is 16.3. The molecule has 0 aliphatic heterocycles. The highest BCUT2D eigenvalue weighted by Gasteiger charge is 2.12. The summed E-state index contributed by atoms with van der Waals surface area (Å²) in [5.41, 5.74) is 3.26. The van der Waals surface area contributed by atoms with Crippen LogP contribution in [0.2, 0.25) is 0 Å². The number of hydrogen-bond donors (Lipinski definition) is 3. The molecule has 7 nitrogen and oxygen atoms in total. The van der Waals surface area contributed by atoms with Crippen LogP contribution in [-0.4, -0.2) is 21.2 Å². The number of carbonyl (C=O) groups excluding carboxylic acids is 1. The van der Waals surface area contributed by atoms with Crippen molar-refractivity contribution in [3.63, 3.8) is 0 Å². The van der Waals surface area contributed by atoms with E-state index in [4.69, 9.17) is 5.26 Å². The molecule has 0 atom stereocenters. The molecule has 2 aromatic carbocycles. The van der Waals surface area contributed by atoms with E-state index in [1.807, 2.05) is 42.5 Å². The molecule has 2 amide bonds. The molecule has 0 aliphatic carbocycles. The van der Waals surface area contributed by atoms with Crippen molar-refractivity contribution in [2.75, 3.05) is 10.6 Å². The van der Waals surface area contributed by atoms with Crippen LogP contribution in [0.1, 0.15) is 5.56 Å². The highest BCUT2D eigenvalue weighted by Crippen LogP contribution is 2.26. The lowest BCUT2D eigenvalue weighted by Crippen LogP contribution is -2.20. The summed E-state index contributed by atoms with van der Waals surface area (Å²) in [6, 6.07) is 20.1. The van der Waals surface area contributed by atoms with Crippen LogP contribution < -0.4 is 10.6 Å². The van der Waals surface area contributed by atoms with Gasteiger partial charge in [0, 0.05) is 11.8 Å². The third-order valence-electron chi connectivity index (χ3n) is 4.05. The number of para-hydroxylation sites is 1. The quantitative estimate of drug-likeness (QED) is 0.514. The van der Waals surface area contributed by atoms with Gasteiger partial charge in [0.2, 0.25) is 0 Å². The van der Waals surface area contributed by atoms with E-state index in [0.717, 1.165) is 11.1 Å². The fraction of sp³-hybridized carbons (Fsp3) is 0. The summed E-state index contributed by atoms with van der Waals surface area (Å²) < 4.78 is 0. The normalized spacial score (nSPS) is 10.3. The molecule has 0 aliphatic rings. The molecule has 0 unspecified atom stereocenters. The van der Waals surface area contributed by atoms with Gasteiger partial charge in [0.25, 0.3) is 0 Å². The van der Waals surface area contributed by atoms with Gasteiger partial charge in [0.15, 0.2) is 5.65 Å². The predicted molar refractivity (Wildman–Crippen MR) is 103 cm³/mol. The molecule has 2 heterocycles. The van der Waals surface area contributed by atoms with Gasteiger partial charge in [0.05, 0.1) is 16.6 Å². The van der Waals surface area contributed by atoms with E-state index >= 15 is 0 Å². The maximum Gasteiger partial charge on any atom is 0.324 e. The van der Waals surface area contributed by atoms with Crippen LogP contribution in [0, 0.1) is 11.3 Å². The highest BCUT2D eigenvalue weighted by atomic mass is 16.2. The van der Waals surface area contributed by atoms with Gasteiger partial charge >= 0.3 is 6.03 Å². The largest absolute Gasteiger partial charge is 0.324 e. The van der Waals surface area contributed by atoms with Gasteiger partial charge in [-0.1, -0.05) is 42.5 Å². The predicted octanol–water partition coefficient (Wildman–Crippen LogP) is 4.14. The van der Waals surface area contributed by atoms with E-state index in [1.165, 1.54) is 0 Å². The van der Waals surface area contributed by atoms with E-state index < -0.39 is 6.03 Å². The van der Waals surface area contributed by atoms with E-state index in [2.05, 4.69) is 25.8 Å². The maximum atomic E-state index is 12.3. The summed E-state index contributed by atoms with van der Waals surface area (Å²) in [5.74, 6) is 0.433. The number of aromatic nitrogens is 3. The standard InChI is InChI=1S/C20H14N6O/c21-11-14-8-4-5-9-17(14)23-20(27)24-19-16-10-15(12-22-18(16)25-26-19)13-6-2-1-3-7-13/h1-10,12H,(H3,22,23,24,25,26,27). The Hall–Kier alpha value is -4.18. The minimum absolute atomic E-state index is 0.384. The second kappa shape index (κ2) is 6.98. The molecule has 3 N–H and O–H groups in total. The number of aromatic amines is 1.